The van der Waals surface area contributed by atoms with Crippen molar-refractivity contribution in [1.29, 1.82) is 0 Å². The molecular formula is C31H38N4O2. The molecule has 4 fully saturated rings. The van der Waals surface area contributed by atoms with Crippen LogP contribution in [0.1, 0.15) is 50.2 Å². The van der Waals surface area contributed by atoms with E-state index >= 15 is 0 Å². The number of hydrogen-bond acceptors (Lipinski definition) is 2. The van der Waals surface area contributed by atoms with E-state index in [4.69, 9.17) is 0 Å². The summed E-state index contributed by atoms with van der Waals surface area (Å²) < 4.78 is 0. The van der Waals surface area contributed by atoms with Crippen molar-refractivity contribution >= 4 is 22.8 Å². The molecule has 0 radical (unpaired) electrons. The molecule has 194 valence electrons. The quantitative estimate of drug-likeness (QED) is 0.354. The maximum Gasteiger partial charge on any atom is 0.315 e. The third kappa shape index (κ3) is 4.98. The summed E-state index contributed by atoms with van der Waals surface area (Å²) in [5, 5.41) is 10.6. The summed E-state index contributed by atoms with van der Waals surface area (Å²) in [5.74, 6) is 2.72. The summed E-state index contributed by atoms with van der Waals surface area (Å²) in [6.45, 7) is 2.37. The first kappa shape index (κ1) is 24.1. The van der Waals surface area contributed by atoms with Gasteiger partial charge in [0.25, 0.3) is 0 Å². The van der Waals surface area contributed by atoms with Crippen molar-refractivity contribution in [2.24, 2.45) is 23.7 Å². The first-order valence-corrected chi connectivity index (χ1v) is 13.9. The molecule has 3 aromatic rings. The van der Waals surface area contributed by atoms with Crippen LogP contribution in [0.15, 0.2) is 60.8 Å². The van der Waals surface area contributed by atoms with Gasteiger partial charge in [-0.15, -0.1) is 0 Å². The molecule has 0 aliphatic heterocycles. The second kappa shape index (κ2) is 9.88. The van der Waals surface area contributed by atoms with Crippen molar-refractivity contribution in [3.8, 4) is 0 Å². The number of fused-ring (bicyclic) bond motifs is 1. The molecule has 0 spiro atoms. The van der Waals surface area contributed by atoms with E-state index in [0.717, 1.165) is 34.7 Å². The number of aromatic nitrogens is 1. The van der Waals surface area contributed by atoms with Crippen molar-refractivity contribution in [2.75, 3.05) is 6.54 Å². The Kier molecular flexibility index (Phi) is 6.43. The molecule has 6 heteroatoms. The Hall–Kier alpha value is -3.28. The van der Waals surface area contributed by atoms with Crippen LogP contribution in [-0.4, -0.2) is 35.0 Å². The molecular weight excluding hydrogens is 460 g/mol. The number of aromatic amines is 1. The molecule has 1 aromatic heterocycles. The summed E-state index contributed by atoms with van der Waals surface area (Å²) in [5.41, 5.74) is 2.14. The van der Waals surface area contributed by atoms with Crippen LogP contribution in [0.25, 0.3) is 10.9 Å². The number of urea groups is 1. The van der Waals surface area contributed by atoms with Gasteiger partial charge in [0, 0.05) is 36.1 Å². The van der Waals surface area contributed by atoms with E-state index in [0.29, 0.717) is 24.8 Å². The van der Waals surface area contributed by atoms with E-state index in [2.05, 4.69) is 39.1 Å². The zero-order chi connectivity index (χ0) is 25.4. The lowest BCUT2D eigenvalue weighted by Crippen LogP contribution is -2.63. The van der Waals surface area contributed by atoms with Gasteiger partial charge in [-0.1, -0.05) is 48.5 Å². The predicted molar refractivity (Wildman–Crippen MR) is 146 cm³/mol. The van der Waals surface area contributed by atoms with Crippen LogP contribution in [-0.2, 0) is 17.6 Å². The highest BCUT2D eigenvalue weighted by Crippen LogP contribution is 2.53. The molecule has 4 saturated carbocycles. The molecule has 4 aliphatic rings. The Morgan fingerprint density at radius 2 is 1.59 bits per heavy atom. The lowest BCUT2D eigenvalue weighted by molar-refractivity contribution is -0.126. The Bertz CT molecular complexity index is 1240. The van der Waals surface area contributed by atoms with Crippen LogP contribution >= 0.6 is 0 Å². The minimum Gasteiger partial charge on any atom is -0.361 e. The summed E-state index contributed by atoms with van der Waals surface area (Å²) in [7, 11) is 0. The molecule has 1 heterocycles. The number of carbonyl (C=O) groups is 2. The topological polar surface area (TPSA) is 86.0 Å². The number of para-hydroxylation sites is 1. The number of carbonyl (C=O) groups excluding carboxylic acids is 2. The van der Waals surface area contributed by atoms with Crippen LogP contribution in [0.4, 0.5) is 4.79 Å². The van der Waals surface area contributed by atoms with Crippen molar-refractivity contribution in [2.45, 2.75) is 63.5 Å². The van der Waals surface area contributed by atoms with Crippen molar-refractivity contribution in [3.63, 3.8) is 0 Å². The molecule has 7 rings (SSSR count). The zero-order valence-corrected chi connectivity index (χ0v) is 21.6. The van der Waals surface area contributed by atoms with Gasteiger partial charge >= 0.3 is 6.03 Å². The highest BCUT2D eigenvalue weighted by molar-refractivity contribution is 5.92. The molecule has 6 nitrogen and oxygen atoms in total. The van der Waals surface area contributed by atoms with Gasteiger partial charge in [-0.05, 0) is 86.3 Å². The Balaban J connectivity index is 1.17. The van der Waals surface area contributed by atoms with Gasteiger partial charge in [0.2, 0.25) is 5.91 Å². The molecule has 1 atom stereocenters. The first-order chi connectivity index (χ1) is 18.0. The zero-order valence-electron chi connectivity index (χ0n) is 21.6. The Morgan fingerprint density at radius 3 is 2.32 bits per heavy atom. The SMILES string of the molecule is C[C@@](Cc1c[nH]c2ccccc12)(NC(=O)NC1C2CC3CC(C2)CC1C3)C(=O)NCCc1ccccc1. The number of nitrogens with one attached hydrogen (secondary N) is 4. The van der Waals surface area contributed by atoms with E-state index in [1.165, 1.54) is 37.7 Å². The summed E-state index contributed by atoms with van der Waals surface area (Å²) in [6, 6.07) is 18.2. The first-order valence-electron chi connectivity index (χ1n) is 13.9. The van der Waals surface area contributed by atoms with Crippen LogP contribution in [0.5, 0.6) is 0 Å². The minimum absolute atomic E-state index is 0.158. The second-order valence-corrected chi connectivity index (χ2v) is 11.9. The van der Waals surface area contributed by atoms with E-state index in [1.54, 1.807) is 0 Å². The number of H-pyrrole nitrogens is 1. The Morgan fingerprint density at radius 1 is 0.919 bits per heavy atom. The van der Waals surface area contributed by atoms with Gasteiger partial charge in [0.05, 0.1) is 0 Å². The normalized spacial score (nSPS) is 27.5. The molecule has 37 heavy (non-hydrogen) atoms. The molecule has 2 aromatic carbocycles. The van der Waals surface area contributed by atoms with Gasteiger partial charge in [0.15, 0.2) is 0 Å². The highest BCUT2D eigenvalue weighted by Gasteiger charge is 2.49. The molecule has 4 bridgehead atoms. The smallest absolute Gasteiger partial charge is 0.315 e. The van der Waals surface area contributed by atoms with Gasteiger partial charge in [-0.2, -0.15) is 0 Å². The molecule has 0 unspecified atom stereocenters. The van der Waals surface area contributed by atoms with Gasteiger partial charge in [0.1, 0.15) is 5.54 Å². The third-order valence-corrected chi connectivity index (χ3v) is 9.18. The standard InChI is InChI=1S/C31H38N4O2/c1-31(18-25-19-33-27-10-6-5-9-26(25)27,29(36)32-12-11-20-7-3-2-4-8-20)35-30(37)34-28-23-14-21-13-22(16-23)17-24(28)15-21/h2-10,19,21-24,28,33H,11-18H2,1H3,(H,32,36)(H2,34,35,37)/t21?,22?,23?,24?,28?,31-/m0/s1. The fourth-order valence-corrected chi connectivity index (χ4v) is 7.60. The second-order valence-electron chi connectivity index (χ2n) is 11.9. The van der Waals surface area contributed by atoms with Crippen LogP contribution in [0, 0.1) is 23.7 Å². The molecule has 0 saturated heterocycles. The highest BCUT2D eigenvalue weighted by atomic mass is 16.2. The van der Waals surface area contributed by atoms with Gasteiger partial charge in [-0.25, -0.2) is 4.79 Å². The van der Waals surface area contributed by atoms with Gasteiger partial charge in [-0.3, -0.25) is 4.79 Å². The van der Waals surface area contributed by atoms with Crippen LogP contribution < -0.4 is 16.0 Å². The Labute approximate surface area is 219 Å². The minimum atomic E-state index is -1.09. The van der Waals surface area contributed by atoms with Crippen molar-refractivity contribution in [1.82, 2.24) is 20.9 Å². The maximum atomic E-state index is 13.6. The average molecular weight is 499 g/mol. The number of rotatable bonds is 8. The monoisotopic (exact) mass is 498 g/mol. The molecule has 4 N–H and O–H groups in total. The van der Waals surface area contributed by atoms with E-state index in [-0.39, 0.29) is 18.0 Å². The lowest BCUT2D eigenvalue weighted by Gasteiger charge is -2.54. The fourth-order valence-electron chi connectivity index (χ4n) is 7.60. The number of hydrogen-bond donors (Lipinski definition) is 4. The fraction of sp³-hybridized carbons (Fsp3) is 0.484. The van der Waals surface area contributed by atoms with Gasteiger partial charge < -0.3 is 20.9 Å². The average Bonchev–Trinajstić information content (AvgIpc) is 3.29. The lowest BCUT2D eigenvalue weighted by atomic mass is 9.54. The van der Waals surface area contributed by atoms with E-state index < -0.39 is 5.54 Å². The van der Waals surface area contributed by atoms with Crippen LogP contribution in [0.3, 0.4) is 0 Å². The van der Waals surface area contributed by atoms with Crippen molar-refractivity contribution in [3.05, 3.63) is 71.9 Å². The van der Waals surface area contributed by atoms with Crippen LogP contribution in [0.2, 0.25) is 0 Å². The third-order valence-electron chi connectivity index (χ3n) is 9.18. The van der Waals surface area contributed by atoms with E-state index in [9.17, 15) is 9.59 Å². The molecule has 3 amide bonds. The summed E-state index contributed by atoms with van der Waals surface area (Å²) in [4.78, 5) is 30.4. The maximum absolute atomic E-state index is 13.6. The molecule has 4 aliphatic carbocycles. The summed E-state index contributed by atoms with van der Waals surface area (Å²) in [6.07, 6.45) is 9.46. The number of amides is 3. The largest absolute Gasteiger partial charge is 0.361 e. The van der Waals surface area contributed by atoms with E-state index in [1.807, 2.05) is 49.5 Å². The summed E-state index contributed by atoms with van der Waals surface area (Å²) >= 11 is 0. The predicted octanol–water partition coefficient (Wildman–Crippen LogP) is 4.95. The number of benzene rings is 2. The van der Waals surface area contributed by atoms with Crippen molar-refractivity contribution < 1.29 is 9.59 Å².